The van der Waals surface area contributed by atoms with Gasteiger partial charge >= 0.3 is 6.18 Å². The number of rotatable bonds is 11. The van der Waals surface area contributed by atoms with Gasteiger partial charge in [0.2, 0.25) is 17.6 Å². The lowest BCUT2D eigenvalue weighted by Gasteiger charge is -2.15. The minimum Gasteiger partial charge on any atom is -0.494 e. The van der Waals surface area contributed by atoms with Crippen LogP contribution in [0.5, 0.6) is 5.75 Å². The molecule has 1 aliphatic carbocycles. The minimum atomic E-state index is -4.30. The van der Waals surface area contributed by atoms with E-state index in [2.05, 4.69) is 31.0 Å². The van der Waals surface area contributed by atoms with E-state index in [0.29, 0.717) is 23.2 Å². The summed E-state index contributed by atoms with van der Waals surface area (Å²) in [6, 6.07) is 6.40. The van der Waals surface area contributed by atoms with Crippen molar-refractivity contribution in [1.29, 1.82) is 0 Å². The molecule has 2 aromatic heterocycles. The van der Waals surface area contributed by atoms with Gasteiger partial charge in [-0.05, 0) is 32.0 Å². The highest BCUT2D eigenvalue weighted by atomic mass is 32.2. The number of hydrogen-bond acceptors (Lipinski definition) is 11. The number of methoxy groups -OCH3 is 1. The number of carbonyl (C=O) groups excluding carboxylic acids is 2. The molecule has 0 aliphatic heterocycles. The third-order valence-electron chi connectivity index (χ3n) is 5.23. The number of halogens is 3. The molecule has 38 heavy (non-hydrogen) atoms. The Labute approximate surface area is 218 Å². The molecule has 0 radical (unpaired) electrons. The summed E-state index contributed by atoms with van der Waals surface area (Å²) >= 11 is 0.579. The van der Waals surface area contributed by atoms with Crippen molar-refractivity contribution in [2.24, 2.45) is 11.7 Å². The van der Waals surface area contributed by atoms with Crippen LogP contribution in [0.4, 0.5) is 30.4 Å². The number of alkyl halides is 3. The molecule has 2 amide bonds. The van der Waals surface area contributed by atoms with E-state index in [1.807, 2.05) is 0 Å². The first-order valence-corrected chi connectivity index (χ1v) is 12.1. The van der Waals surface area contributed by atoms with Crippen molar-refractivity contribution < 1.29 is 32.0 Å². The SMILES string of the molecule is COc1c(Nc2cc(NC(=O)C3CC3)nnc2C(N)=O)cccc1-c1noc(CN(C)SCC(F)(F)F)n1. The van der Waals surface area contributed by atoms with Crippen molar-refractivity contribution in [2.75, 3.05) is 30.5 Å². The molecule has 12 nitrogen and oxygen atoms in total. The fraction of sp³-hybridized carbons (Fsp3) is 0.364. The second kappa shape index (κ2) is 11.2. The average Bonchev–Trinajstić information content (AvgIpc) is 3.61. The number of carbonyl (C=O) groups is 2. The molecule has 3 aromatic rings. The molecular weight excluding hydrogens is 529 g/mol. The summed E-state index contributed by atoms with van der Waals surface area (Å²) in [5.74, 6) is -1.50. The van der Waals surface area contributed by atoms with Gasteiger partial charge in [0, 0.05) is 12.0 Å². The van der Waals surface area contributed by atoms with Crippen molar-refractivity contribution in [3.8, 4) is 17.1 Å². The van der Waals surface area contributed by atoms with E-state index in [4.69, 9.17) is 15.0 Å². The van der Waals surface area contributed by atoms with Gasteiger partial charge in [0.1, 0.15) is 5.75 Å². The van der Waals surface area contributed by atoms with Gasteiger partial charge in [0.15, 0.2) is 17.3 Å². The standard InChI is InChI=1S/C22H23F3N8O4S/c1-33(38-10-22(23,24)25)9-16-29-20(32-37-16)12-4-3-5-13(18(12)36-2)27-14-8-15(28-21(35)11-6-7-11)30-31-17(14)19(26)34/h3-5,8,11H,6-7,9-10H2,1-2H3,(H2,26,34)(H2,27,28,30,35). The Morgan fingerprint density at radius 2 is 2.03 bits per heavy atom. The van der Waals surface area contributed by atoms with Crippen molar-refractivity contribution in [3.05, 3.63) is 35.9 Å². The molecule has 0 saturated heterocycles. The van der Waals surface area contributed by atoms with Crippen LogP contribution in [0.1, 0.15) is 29.2 Å². The van der Waals surface area contributed by atoms with Gasteiger partial charge in [-0.25, -0.2) is 4.31 Å². The van der Waals surface area contributed by atoms with Crippen LogP contribution >= 0.6 is 11.9 Å². The van der Waals surface area contributed by atoms with E-state index in [9.17, 15) is 22.8 Å². The summed E-state index contributed by atoms with van der Waals surface area (Å²) in [5, 5.41) is 17.3. The zero-order valence-corrected chi connectivity index (χ0v) is 21.0. The first kappa shape index (κ1) is 27.1. The lowest BCUT2D eigenvalue weighted by atomic mass is 10.1. The van der Waals surface area contributed by atoms with Gasteiger partial charge in [0.05, 0.1) is 30.6 Å². The van der Waals surface area contributed by atoms with Gasteiger partial charge in [-0.1, -0.05) is 23.2 Å². The van der Waals surface area contributed by atoms with Gasteiger partial charge in [0.25, 0.3) is 5.91 Å². The molecule has 4 rings (SSSR count). The maximum absolute atomic E-state index is 12.5. The van der Waals surface area contributed by atoms with Crippen molar-refractivity contribution in [2.45, 2.75) is 25.6 Å². The summed E-state index contributed by atoms with van der Waals surface area (Å²) < 4.78 is 49.5. The van der Waals surface area contributed by atoms with E-state index >= 15 is 0 Å². The lowest BCUT2D eigenvalue weighted by molar-refractivity contribution is -0.117. The quantitative estimate of drug-likeness (QED) is 0.299. The van der Waals surface area contributed by atoms with Crippen molar-refractivity contribution in [3.63, 3.8) is 0 Å². The van der Waals surface area contributed by atoms with Crippen LogP contribution in [0, 0.1) is 5.92 Å². The van der Waals surface area contributed by atoms with Gasteiger partial charge in [-0.2, -0.15) is 18.2 Å². The van der Waals surface area contributed by atoms with E-state index in [0.717, 1.165) is 12.8 Å². The average molecular weight is 553 g/mol. The molecule has 0 spiro atoms. The van der Waals surface area contributed by atoms with Gasteiger partial charge < -0.3 is 25.6 Å². The molecule has 16 heteroatoms. The second-order valence-electron chi connectivity index (χ2n) is 8.32. The molecule has 1 aliphatic rings. The molecule has 0 unspecified atom stereocenters. The number of benzene rings is 1. The first-order chi connectivity index (χ1) is 18.0. The third kappa shape index (κ3) is 6.89. The monoisotopic (exact) mass is 552 g/mol. The molecule has 2 heterocycles. The zero-order valence-electron chi connectivity index (χ0n) is 20.2. The Kier molecular flexibility index (Phi) is 8.01. The Balaban J connectivity index is 1.56. The van der Waals surface area contributed by atoms with E-state index in [-0.39, 0.29) is 53.0 Å². The second-order valence-corrected chi connectivity index (χ2v) is 9.49. The normalized spacial score (nSPS) is 13.4. The molecule has 4 N–H and O–H groups in total. The minimum absolute atomic E-state index is 0.0198. The predicted octanol–water partition coefficient (Wildman–Crippen LogP) is 3.37. The molecule has 1 fully saturated rings. The number of anilines is 3. The summed E-state index contributed by atoms with van der Waals surface area (Å²) in [6.45, 7) is -0.0198. The predicted molar refractivity (Wildman–Crippen MR) is 131 cm³/mol. The Morgan fingerprint density at radius 3 is 2.68 bits per heavy atom. The van der Waals surface area contributed by atoms with Crippen molar-refractivity contribution in [1.82, 2.24) is 24.6 Å². The van der Waals surface area contributed by atoms with Crippen LogP contribution < -0.4 is 21.1 Å². The first-order valence-electron chi connectivity index (χ1n) is 11.2. The number of para-hydroxylation sites is 1. The summed E-state index contributed by atoms with van der Waals surface area (Å²) in [4.78, 5) is 28.4. The van der Waals surface area contributed by atoms with Crippen LogP contribution in [0.2, 0.25) is 0 Å². The summed E-state index contributed by atoms with van der Waals surface area (Å²) in [6.07, 6.45) is -2.70. The van der Waals surface area contributed by atoms with Crippen LogP contribution in [-0.2, 0) is 11.3 Å². The summed E-state index contributed by atoms with van der Waals surface area (Å²) in [5.41, 5.74) is 6.25. The van der Waals surface area contributed by atoms with Gasteiger partial charge in [-0.15, -0.1) is 10.2 Å². The Hall–Kier alpha value is -3.92. The van der Waals surface area contributed by atoms with E-state index < -0.39 is 17.8 Å². The lowest BCUT2D eigenvalue weighted by Crippen LogP contribution is -2.19. The number of amides is 2. The number of primary amides is 1. The largest absolute Gasteiger partial charge is 0.494 e. The molecule has 0 bridgehead atoms. The Bertz CT molecular complexity index is 1330. The number of nitrogens with zero attached hydrogens (tertiary/aromatic N) is 5. The maximum atomic E-state index is 12.5. The number of nitrogens with one attached hydrogen (secondary N) is 2. The number of ether oxygens (including phenoxy) is 1. The molecule has 202 valence electrons. The fourth-order valence-corrected chi connectivity index (χ4v) is 3.90. The molecule has 1 aromatic carbocycles. The van der Waals surface area contributed by atoms with Crippen LogP contribution in [0.15, 0.2) is 28.8 Å². The number of hydrogen-bond donors (Lipinski definition) is 3. The zero-order chi connectivity index (χ0) is 27.4. The summed E-state index contributed by atoms with van der Waals surface area (Å²) in [7, 11) is 2.89. The fourth-order valence-electron chi connectivity index (χ4n) is 3.33. The van der Waals surface area contributed by atoms with Gasteiger partial charge in [-0.3, -0.25) is 9.59 Å². The van der Waals surface area contributed by atoms with Crippen molar-refractivity contribution >= 4 is 41.0 Å². The Morgan fingerprint density at radius 1 is 1.26 bits per heavy atom. The topological polar surface area (TPSA) is 161 Å². The highest BCUT2D eigenvalue weighted by Gasteiger charge is 2.30. The highest BCUT2D eigenvalue weighted by Crippen LogP contribution is 2.37. The van der Waals surface area contributed by atoms with E-state index in [1.165, 1.54) is 24.5 Å². The molecule has 0 atom stereocenters. The maximum Gasteiger partial charge on any atom is 0.399 e. The van der Waals surface area contributed by atoms with Crippen LogP contribution in [0.25, 0.3) is 11.4 Å². The number of nitrogens with two attached hydrogens (primary N) is 1. The molecule has 1 saturated carbocycles. The van der Waals surface area contributed by atoms with Crippen LogP contribution in [0.3, 0.4) is 0 Å². The van der Waals surface area contributed by atoms with Crippen LogP contribution in [-0.4, -0.2) is 62.5 Å². The smallest absolute Gasteiger partial charge is 0.399 e. The third-order valence-corrected chi connectivity index (χ3v) is 6.26. The molecular formula is C22H23F3N8O4S. The van der Waals surface area contributed by atoms with E-state index in [1.54, 1.807) is 18.2 Å². The number of aromatic nitrogens is 4. The highest BCUT2D eigenvalue weighted by molar-refractivity contribution is 7.97.